The first-order valence-corrected chi connectivity index (χ1v) is 9.07. The molecule has 1 aromatic heterocycles. The van der Waals surface area contributed by atoms with E-state index < -0.39 is 0 Å². The molecule has 1 fully saturated rings. The van der Waals surface area contributed by atoms with Crippen LogP contribution in [0.4, 0.5) is 0 Å². The molecule has 1 saturated heterocycles. The minimum atomic E-state index is 0.241. The molecule has 0 aromatic carbocycles. The van der Waals surface area contributed by atoms with Gasteiger partial charge in [-0.1, -0.05) is 26.8 Å². The fraction of sp³-hybridized carbons (Fsp3) is 0.733. The Hall–Kier alpha value is -0.0300. The van der Waals surface area contributed by atoms with Crippen molar-refractivity contribution in [2.45, 2.75) is 50.4 Å². The minimum absolute atomic E-state index is 0.241. The highest BCUT2D eigenvalue weighted by Crippen LogP contribution is 2.35. The first kappa shape index (κ1) is 15.4. The predicted octanol–water partition coefficient (Wildman–Crippen LogP) is 3.74. The van der Waals surface area contributed by atoms with E-state index in [-0.39, 0.29) is 6.04 Å². The molecule has 0 aliphatic carbocycles. The Balaban J connectivity index is 2.14. The van der Waals surface area contributed by atoms with Crippen LogP contribution in [-0.2, 0) is 0 Å². The molecule has 0 amide bonds. The number of rotatable bonds is 4. The molecule has 2 atom stereocenters. The lowest BCUT2D eigenvalue weighted by Gasteiger charge is -2.34. The molecule has 1 aliphatic heterocycles. The second-order valence-corrected chi connectivity index (χ2v) is 8.71. The zero-order chi connectivity index (χ0) is 13.9. The van der Waals surface area contributed by atoms with Gasteiger partial charge in [-0.3, -0.25) is 4.90 Å². The van der Waals surface area contributed by atoms with Crippen LogP contribution in [0.3, 0.4) is 0 Å². The lowest BCUT2D eigenvalue weighted by atomic mass is 10.0. The SMILES string of the molecule is CCC(N)C(c1cccs1)N1CCSC(C)(C)CC1. The zero-order valence-corrected chi connectivity index (χ0v) is 13.9. The van der Waals surface area contributed by atoms with E-state index in [2.05, 4.69) is 54.9 Å². The summed E-state index contributed by atoms with van der Waals surface area (Å²) in [5.74, 6) is 1.21. The second kappa shape index (κ2) is 6.61. The molecule has 2 heterocycles. The van der Waals surface area contributed by atoms with E-state index in [0.29, 0.717) is 10.8 Å². The van der Waals surface area contributed by atoms with E-state index in [0.717, 1.165) is 19.5 Å². The molecule has 1 aromatic rings. The van der Waals surface area contributed by atoms with Crippen molar-refractivity contribution in [1.82, 2.24) is 4.90 Å². The number of hydrogen-bond donors (Lipinski definition) is 1. The van der Waals surface area contributed by atoms with E-state index in [4.69, 9.17) is 5.73 Å². The highest BCUT2D eigenvalue weighted by Gasteiger charge is 2.31. The van der Waals surface area contributed by atoms with E-state index in [9.17, 15) is 0 Å². The zero-order valence-electron chi connectivity index (χ0n) is 12.3. The third-order valence-electron chi connectivity index (χ3n) is 3.98. The molecule has 1 aliphatic rings. The third-order valence-corrected chi connectivity index (χ3v) is 6.29. The van der Waals surface area contributed by atoms with Crippen molar-refractivity contribution in [2.75, 3.05) is 18.8 Å². The Morgan fingerprint density at radius 1 is 1.42 bits per heavy atom. The molecule has 2 nitrogen and oxygen atoms in total. The lowest BCUT2D eigenvalue weighted by molar-refractivity contribution is 0.180. The molecule has 0 spiro atoms. The molecule has 108 valence electrons. The minimum Gasteiger partial charge on any atom is -0.326 e. The van der Waals surface area contributed by atoms with Gasteiger partial charge in [-0.25, -0.2) is 0 Å². The fourth-order valence-electron chi connectivity index (χ4n) is 2.66. The predicted molar refractivity (Wildman–Crippen MR) is 88.1 cm³/mol. The van der Waals surface area contributed by atoms with Gasteiger partial charge in [-0.15, -0.1) is 11.3 Å². The normalized spacial score (nSPS) is 23.8. The van der Waals surface area contributed by atoms with E-state index in [1.54, 1.807) is 0 Å². The highest BCUT2D eigenvalue weighted by molar-refractivity contribution is 8.00. The molecule has 0 radical (unpaired) electrons. The standard InChI is InChI=1S/C15H26N2S2/c1-4-12(16)14(13-6-5-10-18-13)17-8-7-15(2,3)19-11-9-17/h5-6,10,12,14H,4,7-9,11,16H2,1-3H3. The van der Waals surface area contributed by atoms with Crippen LogP contribution in [0.15, 0.2) is 17.5 Å². The first-order valence-electron chi connectivity index (χ1n) is 7.20. The van der Waals surface area contributed by atoms with Gasteiger partial charge in [0, 0.05) is 34.5 Å². The Bertz CT molecular complexity index is 376. The van der Waals surface area contributed by atoms with Crippen LogP contribution in [-0.4, -0.2) is 34.5 Å². The highest BCUT2D eigenvalue weighted by atomic mass is 32.2. The summed E-state index contributed by atoms with van der Waals surface area (Å²) in [7, 11) is 0. The Morgan fingerprint density at radius 3 is 2.84 bits per heavy atom. The van der Waals surface area contributed by atoms with Gasteiger partial charge in [-0.2, -0.15) is 11.8 Å². The van der Waals surface area contributed by atoms with Gasteiger partial charge in [0.05, 0.1) is 6.04 Å². The summed E-state index contributed by atoms with van der Waals surface area (Å²) >= 11 is 3.95. The number of hydrogen-bond acceptors (Lipinski definition) is 4. The van der Waals surface area contributed by atoms with E-state index in [1.807, 2.05) is 11.3 Å². The van der Waals surface area contributed by atoms with Crippen LogP contribution < -0.4 is 5.73 Å². The van der Waals surface area contributed by atoms with Gasteiger partial charge in [0.1, 0.15) is 0 Å². The van der Waals surface area contributed by atoms with Crippen LogP contribution in [0.5, 0.6) is 0 Å². The number of thioether (sulfide) groups is 1. The monoisotopic (exact) mass is 298 g/mol. The molecule has 4 heteroatoms. The quantitative estimate of drug-likeness (QED) is 0.918. The van der Waals surface area contributed by atoms with Gasteiger partial charge in [0.2, 0.25) is 0 Å². The van der Waals surface area contributed by atoms with Crippen molar-refractivity contribution in [3.63, 3.8) is 0 Å². The maximum atomic E-state index is 6.42. The van der Waals surface area contributed by atoms with Gasteiger partial charge >= 0.3 is 0 Å². The molecule has 2 unspecified atom stereocenters. The van der Waals surface area contributed by atoms with Crippen LogP contribution in [0.1, 0.15) is 44.5 Å². The van der Waals surface area contributed by atoms with Crippen molar-refractivity contribution in [1.29, 1.82) is 0 Å². The Labute approximate surface area is 125 Å². The summed E-state index contributed by atoms with van der Waals surface area (Å²) in [6.45, 7) is 9.24. The van der Waals surface area contributed by atoms with Crippen molar-refractivity contribution in [3.05, 3.63) is 22.4 Å². The van der Waals surface area contributed by atoms with Crippen molar-refractivity contribution in [3.8, 4) is 0 Å². The van der Waals surface area contributed by atoms with Crippen LogP contribution in [0.2, 0.25) is 0 Å². The summed E-state index contributed by atoms with van der Waals surface area (Å²) in [5.41, 5.74) is 6.42. The van der Waals surface area contributed by atoms with Crippen LogP contribution in [0.25, 0.3) is 0 Å². The van der Waals surface area contributed by atoms with Crippen LogP contribution >= 0.6 is 23.1 Å². The summed E-state index contributed by atoms with van der Waals surface area (Å²) in [6, 6.07) is 5.03. The average molecular weight is 299 g/mol. The number of thiophene rings is 1. The fourth-order valence-corrected chi connectivity index (χ4v) is 4.71. The van der Waals surface area contributed by atoms with Gasteiger partial charge in [0.15, 0.2) is 0 Å². The van der Waals surface area contributed by atoms with Gasteiger partial charge in [0.25, 0.3) is 0 Å². The smallest absolute Gasteiger partial charge is 0.0593 e. The summed E-state index contributed by atoms with van der Waals surface area (Å²) in [6.07, 6.45) is 2.28. The van der Waals surface area contributed by atoms with E-state index in [1.165, 1.54) is 17.1 Å². The summed E-state index contributed by atoms with van der Waals surface area (Å²) in [4.78, 5) is 4.04. The maximum absolute atomic E-state index is 6.42. The van der Waals surface area contributed by atoms with Crippen molar-refractivity contribution >= 4 is 23.1 Å². The molecule has 0 bridgehead atoms. The van der Waals surface area contributed by atoms with Crippen molar-refractivity contribution in [2.24, 2.45) is 5.73 Å². The van der Waals surface area contributed by atoms with Crippen molar-refractivity contribution < 1.29 is 0 Å². The molecule has 0 saturated carbocycles. The average Bonchev–Trinajstić information content (AvgIpc) is 2.82. The first-order chi connectivity index (χ1) is 9.03. The van der Waals surface area contributed by atoms with Crippen LogP contribution in [0, 0.1) is 0 Å². The molecular weight excluding hydrogens is 272 g/mol. The molecular formula is C15H26N2S2. The number of nitrogens with zero attached hydrogens (tertiary/aromatic N) is 1. The molecule has 2 rings (SSSR count). The van der Waals surface area contributed by atoms with E-state index >= 15 is 0 Å². The van der Waals surface area contributed by atoms with Gasteiger partial charge in [-0.05, 0) is 24.3 Å². The Morgan fingerprint density at radius 2 is 2.21 bits per heavy atom. The maximum Gasteiger partial charge on any atom is 0.0593 e. The summed E-state index contributed by atoms with van der Waals surface area (Å²) in [5, 5.41) is 2.17. The molecule has 2 N–H and O–H groups in total. The second-order valence-electron chi connectivity index (χ2n) is 5.93. The summed E-state index contributed by atoms with van der Waals surface area (Å²) < 4.78 is 0.408. The topological polar surface area (TPSA) is 29.3 Å². The number of nitrogens with two attached hydrogens (primary N) is 1. The van der Waals surface area contributed by atoms with Gasteiger partial charge < -0.3 is 5.73 Å². The molecule has 19 heavy (non-hydrogen) atoms. The largest absolute Gasteiger partial charge is 0.326 e. The third kappa shape index (κ3) is 3.97. The lowest BCUT2D eigenvalue weighted by Crippen LogP contribution is -2.41. The Kier molecular flexibility index (Phi) is 5.35.